The SMILES string of the molecule is O=C1/C=C\CCCCCCCCC[C@H]2C[C@@H]12. The molecule has 2 aliphatic carbocycles. The summed E-state index contributed by atoms with van der Waals surface area (Å²) in [5.41, 5.74) is 0. The lowest BCUT2D eigenvalue weighted by Crippen LogP contribution is -1.98. The Bertz CT molecular complexity index is 254. The van der Waals surface area contributed by atoms with Gasteiger partial charge in [0.25, 0.3) is 0 Å². The summed E-state index contributed by atoms with van der Waals surface area (Å²) < 4.78 is 0. The molecular formula is C15H24O. The molecule has 0 N–H and O–H groups in total. The van der Waals surface area contributed by atoms with Crippen LogP contribution in [0.4, 0.5) is 0 Å². The van der Waals surface area contributed by atoms with Crippen molar-refractivity contribution in [3.05, 3.63) is 12.2 Å². The van der Waals surface area contributed by atoms with Crippen LogP contribution in [0.25, 0.3) is 0 Å². The van der Waals surface area contributed by atoms with E-state index in [1.165, 1.54) is 57.8 Å². The molecule has 2 atom stereocenters. The lowest BCUT2D eigenvalue weighted by Gasteiger charge is -2.02. The number of carbonyl (C=O) groups excluding carboxylic acids is 1. The van der Waals surface area contributed by atoms with Crippen molar-refractivity contribution in [2.45, 2.75) is 64.2 Å². The van der Waals surface area contributed by atoms with Crippen molar-refractivity contribution in [2.75, 3.05) is 0 Å². The van der Waals surface area contributed by atoms with E-state index in [4.69, 9.17) is 0 Å². The second kappa shape index (κ2) is 6.22. The van der Waals surface area contributed by atoms with Gasteiger partial charge in [0.2, 0.25) is 0 Å². The largest absolute Gasteiger partial charge is 0.295 e. The van der Waals surface area contributed by atoms with Crippen molar-refractivity contribution in [1.29, 1.82) is 0 Å². The van der Waals surface area contributed by atoms with Crippen molar-refractivity contribution in [3.8, 4) is 0 Å². The lowest BCUT2D eigenvalue weighted by atomic mass is 10.0. The van der Waals surface area contributed by atoms with Crippen molar-refractivity contribution in [3.63, 3.8) is 0 Å². The second-order valence-electron chi connectivity index (χ2n) is 5.46. The molecule has 0 radical (unpaired) electrons. The molecule has 0 aromatic rings. The maximum atomic E-state index is 11.7. The highest BCUT2D eigenvalue weighted by Gasteiger charge is 2.40. The molecule has 0 amide bonds. The van der Waals surface area contributed by atoms with E-state index in [1.807, 2.05) is 6.08 Å². The Hall–Kier alpha value is -0.590. The van der Waals surface area contributed by atoms with Crippen molar-refractivity contribution < 1.29 is 4.79 Å². The molecule has 90 valence electrons. The van der Waals surface area contributed by atoms with Crippen LogP contribution in [0.2, 0.25) is 0 Å². The quantitative estimate of drug-likeness (QED) is 0.595. The van der Waals surface area contributed by atoms with Crippen LogP contribution in [0, 0.1) is 11.8 Å². The van der Waals surface area contributed by atoms with Crippen molar-refractivity contribution >= 4 is 5.78 Å². The van der Waals surface area contributed by atoms with Crippen LogP contribution in [-0.2, 0) is 4.79 Å². The Morgan fingerprint density at radius 2 is 1.62 bits per heavy atom. The predicted octanol–water partition coefficient (Wildman–Crippen LogP) is 4.27. The molecule has 0 aromatic heterocycles. The molecule has 0 unspecified atom stereocenters. The summed E-state index contributed by atoms with van der Waals surface area (Å²) in [5.74, 6) is 1.54. The number of hydrogen-bond donors (Lipinski definition) is 0. The van der Waals surface area contributed by atoms with E-state index in [1.54, 1.807) is 0 Å². The fourth-order valence-electron chi connectivity index (χ4n) is 2.79. The first kappa shape index (κ1) is 11.9. The maximum absolute atomic E-state index is 11.7. The third-order valence-corrected chi connectivity index (χ3v) is 4.02. The fourth-order valence-corrected chi connectivity index (χ4v) is 2.79. The van der Waals surface area contributed by atoms with Gasteiger partial charge in [0.1, 0.15) is 0 Å². The number of hydrogen-bond acceptors (Lipinski definition) is 1. The summed E-state index contributed by atoms with van der Waals surface area (Å²) in [7, 11) is 0. The summed E-state index contributed by atoms with van der Waals surface area (Å²) in [5, 5.41) is 0. The first-order valence-corrected chi connectivity index (χ1v) is 7.08. The highest BCUT2D eigenvalue weighted by Crippen LogP contribution is 2.43. The zero-order valence-electron chi connectivity index (χ0n) is 10.3. The van der Waals surface area contributed by atoms with E-state index in [0.29, 0.717) is 11.7 Å². The molecule has 0 spiro atoms. The molecule has 0 bridgehead atoms. The van der Waals surface area contributed by atoms with E-state index in [0.717, 1.165) is 12.3 Å². The van der Waals surface area contributed by atoms with E-state index >= 15 is 0 Å². The van der Waals surface area contributed by atoms with Crippen LogP contribution in [0.15, 0.2) is 12.2 Å². The standard InChI is InChI=1S/C15H24O/c16-15-11-9-7-5-3-1-2-4-6-8-10-13-12-14(13)15/h9,11,13-14H,1-8,10,12H2/b11-9-/t13-,14+/m0/s1. The number of ketones is 1. The van der Waals surface area contributed by atoms with Gasteiger partial charge in [0.05, 0.1) is 0 Å². The molecule has 0 aromatic carbocycles. The summed E-state index contributed by atoms with van der Waals surface area (Å²) in [6, 6.07) is 0. The smallest absolute Gasteiger partial charge is 0.158 e. The number of allylic oxidation sites excluding steroid dienone is 2. The van der Waals surface area contributed by atoms with Gasteiger partial charge in [-0.25, -0.2) is 0 Å². The molecule has 1 fully saturated rings. The maximum Gasteiger partial charge on any atom is 0.158 e. The lowest BCUT2D eigenvalue weighted by molar-refractivity contribution is -0.116. The summed E-state index contributed by atoms with van der Waals surface area (Å²) >= 11 is 0. The fraction of sp³-hybridized carbons (Fsp3) is 0.800. The van der Waals surface area contributed by atoms with Crippen LogP contribution in [-0.4, -0.2) is 5.78 Å². The molecule has 2 aliphatic rings. The van der Waals surface area contributed by atoms with E-state index < -0.39 is 0 Å². The Morgan fingerprint density at radius 3 is 2.44 bits per heavy atom. The number of carbonyl (C=O) groups is 1. The van der Waals surface area contributed by atoms with Crippen LogP contribution in [0.5, 0.6) is 0 Å². The monoisotopic (exact) mass is 220 g/mol. The van der Waals surface area contributed by atoms with Gasteiger partial charge in [-0.05, 0) is 37.7 Å². The van der Waals surface area contributed by atoms with Crippen LogP contribution in [0.3, 0.4) is 0 Å². The molecule has 2 rings (SSSR count). The van der Waals surface area contributed by atoms with Crippen LogP contribution in [0.1, 0.15) is 64.2 Å². The average molecular weight is 220 g/mol. The highest BCUT2D eigenvalue weighted by molar-refractivity contribution is 5.93. The zero-order valence-corrected chi connectivity index (χ0v) is 10.3. The van der Waals surface area contributed by atoms with Crippen LogP contribution < -0.4 is 0 Å². The zero-order chi connectivity index (χ0) is 11.2. The van der Waals surface area contributed by atoms with Crippen molar-refractivity contribution in [2.24, 2.45) is 11.8 Å². The Balaban J connectivity index is 1.78. The minimum absolute atomic E-state index is 0.402. The minimum Gasteiger partial charge on any atom is -0.295 e. The van der Waals surface area contributed by atoms with Gasteiger partial charge in [0.15, 0.2) is 5.78 Å². The van der Waals surface area contributed by atoms with E-state index in [-0.39, 0.29) is 0 Å². The molecular weight excluding hydrogens is 196 g/mol. The molecule has 0 aliphatic heterocycles. The number of fused-ring (bicyclic) bond motifs is 1. The molecule has 1 saturated carbocycles. The van der Waals surface area contributed by atoms with E-state index in [2.05, 4.69) is 6.08 Å². The van der Waals surface area contributed by atoms with Gasteiger partial charge in [-0.2, -0.15) is 0 Å². The van der Waals surface area contributed by atoms with Gasteiger partial charge in [-0.15, -0.1) is 0 Å². The van der Waals surface area contributed by atoms with Gasteiger partial charge in [-0.3, -0.25) is 4.79 Å². The van der Waals surface area contributed by atoms with Gasteiger partial charge in [-0.1, -0.05) is 44.6 Å². The first-order chi connectivity index (χ1) is 7.88. The molecule has 1 heteroatoms. The molecule has 1 nitrogen and oxygen atoms in total. The third-order valence-electron chi connectivity index (χ3n) is 4.02. The summed E-state index contributed by atoms with van der Waals surface area (Å²) in [6.07, 6.45) is 17.1. The Kier molecular flexibility index (Phi) is 4.62. The van der Waals surface area contributed by atoms with Gasteiger partial charge < -0.3 is 0 Å². The van der Waals surface area contributed by atoms with Crippen molar-refractivity contribution in [1.82, 2.24) is 0 Å². The van der Waals surface area contributed by atoms with E-state index in [9.17, 15) is 4.79 Å². The first-order valence-electron chi connectivity index (χ1n) is 7.08. The second-order valence-corrected chi connectivity index (χ2v) is 5.46. The Labute approximate surface area is 99.3 Å². The topological polar surface area (TPSA) is 17.1 Å². The normalized spacial score (nSPS) is 34.9. The van der Waals surface area contributed by atoms with Crippen LogP contribution >= 0.6 is 0 Å². The Morgan fingerprint density at radius 1 is 0.938 bits per heavy atom. The summed E-state index contributed by atoms with van der Waals surface area (Å²) in [6.45, 7) is 0. The molecule has 16 heavy (non-hydrogen) atoms. The average Bonchev–Trinajstić information content (AvgIpc) is 3.04. The van der Waals surface area contributed by atoms with Gasteiger partial charge >= 0.3 is 0 Å². The van der Waals surface area contributed by atoms with Gasteiger partial charge in [0, 0.05) is 5.92 Å². The highest BCUT2D eigenvalue weighted by atomic mass is 16.1. The summed E-state index contributed by atoms with van der Waals surface area (Å²) in [4.78, 5) is 11.7. The minimum atomic E-state index is 0.402. The molecule has 0 saturated heterocycles. The molecule has 0 heterocycles. The third kappa shape index (κ3) is 3.77. The number of rotatable bonds is 0. The predicted molar refractivity (Wildman–Crippen MR) is 67.3 cm³/mol.